The van der Waals surface area contributed by atoms with E-state index in [0.29, 0.717) is 5.56 Å². The van der Waals surface area contributed by atoms with E-state index in [9.17, 15) is 4.79 Å². The van der Waals surface area contributed by atoms with E-state index in [1.807, 2.05) is 6.92 Å². The van der Waals surface area contributed by atoms with Crippen molar-refractivity contribution < 1.29 is 4.79 Å². The molecule has 0 bridgehead atoms. The van der Waals surface area contributed by atoms with Crippen LogP contribution in [0.4, 0.5) is 0 Å². The number of aryl methyl sites for hydroxylation is 1. The van der Waals surface area contributed by atoms with Crippen molar-refractivity contribution in [3.8, 4) is 0 Å². The number of hydrogen-bond acceptors (Lipinski definition) is 3. The molecule has 0 aliphatic carbocycles. The minimum absolute atomic E-state index is 0.602. The zero-order valence-corrected chi connectivity index (χ0v) is 5.03. The molecule has 0 spiro atoms. The Bertz CT molecular complexity index is 222. The van der Waals surface area contributed by atoms with Gasteiger partial charge in [0.25, 0.3) is 0 Å². The molecule has 0 saturated carbocycles. The van der Waals surface area contributed by atoms with E-state index in [4.69, 9.17) is 0 Å². The molecule has 0 aromatic carbocycles. The number of rotatable bonds is 1. The van der Waals surface area contributed by atoms with Gasteiger partial charge in [-0.25, -0.2) is 0 Å². The Kier molecular flexibility index (Phi) is 1.53. The topological polar surface area (TPSA) is 42.9 Å². The summed E-state index contributed by atoms with van der Waals surface area (Å²) >= 11 is 0. The Balaban J connectivity index is 3.15. The standard InChI is InChI=1S/C6H6N2O/c1-5-2-7-8-3-6(5)4-9/h2-4H,1H3. The van der Waals surface area contributed by atoms with E-state index in [0.717, 1.165) is 11.8 Å². The van der Waals surface area contributed by atoms with Gasteiger partial charge in [0.2, 0.25) is 0 Å². The van der Waals surface area contributed by atoms with E-state index < -0.39 is 0 Å². The third-order valence-electron chi connectivity index (χ3n) is 1.10. The average Bonchev–Trinajstić information content (AvgIpc) is 1.89. The van der Waals surface area contributed by atoms with E-state index in [-0.39, 0.29) is 0 Å². The number of hydrogen-bond donors (Lipinski definition) is 0. The largest absolute Gasteiger partial charge is 0.298 e. The van der Waals surface area contributed by atoms with Crippen LogP contribution < -0.4 is 0 Å². The highest BCUT2D eigenvalue weighted by atomic mass is 16.1. The molecule has 1 aromatic rings. The van der Waals surface area contributed by atoms with Crippen molar-refractivity contribution in [2.45, 2.75) is 6.92 Å². The van der Waals surface area contributed by atoms with Gasteiger partial charge in [-0.15, -0.1) is 0 Å². The highest BCUT2D eigenvalue weighted by Crippen LogP contribution is 1.97. The normalized spacial score (nSPS) is 9.00. The van der Waals surface area contributed by atoms with Crippen LogP contribution in [0.3, 0.4) is 0 Å². The number of carbonyl (C=O) groups is 1. The molecule has 3 heteroatoms. The minimum Gasteiger partial charge on any atom is -0.298 e. The van der Waals surface area contributed by atoms with Crippen molar-refractivity contribution >= 4 is 6.29 Å². The van der Waals surface area contributed by atoms with Crippen molar-refractivity contribution in [2.24, 2.45) is 0 Å². The SMILES string of the molecule is Cc1cnncc1C=O. The summed E-state index contributed by atoms with van der Waals surface area (Å²) in [5.41, 5.74) is 1.46. The van der Waals surface area contributed by atoms with Gasteiger partial charge < -0.3 is 0 Å². The van der Waals surface area contributed by atoms with E-state index >= 15 is 0 Å². The van der Waals surface area contributed by atoms with Gasteiger partial charge in [0.15, 0.2) is 6.29 Å². The third kappa shape index (κ3) is 1.10. The first-order valence-corrected chi connectivity index (χ1v) is 2.57. The van der Waals surface area contributed by atoms with Crippen LogP contribution in [-0.4, -0.2) is 16.5 Å². The maximum absolute atomic E-state index is 10.2. The Morgan fingerprint density at radius 2 is 2.11 bits per heavy atom. The highest BCUT2D eigenvalue weighted by molar-refractivity contribution is 5.75. The number of nitrogens with zero attached hydrogens (tertiary/aromatic N) is 2. The van der Waals surface area contributed by atoms with Gasteiger partial charge in [0.1, 0.15) is 0 Å². The zero-order valence-electron chi connectivity index (χ0n) is 5.03. The summed E-state index contributed by atoms with van der Waals surface area (Å²) in [5, 5.41) is 7.12. The Labute approximate surface area is 52.7 Å². The second kappa shape index (κ2) is 2.35. The first-order valence-electron chi connectivity index (χ1n) is 2.57. The van der Waals surface area contributed by atoms with E-state index in [1.165, 1.54) is 6.20 Å². The Morgan fingerprint density at radius 1 is 1.44 bits per heavy atom. The highest BCUT2D eigenvalue weighted by Gasteiger charge is 1.92. The van der Waals surface area contributed by atoms with Gasteiger partial charge >= 0.3 is 0 Å². The van der Waals surface area contributed by atoms with E-state index in [2.05, 4.69) is 10.2 Å². The monoisotopic (exact) mass is 122 g/mol. The van der Waals surface area contributed by atoms with Gasteiger partial charge in [-0.1, -0.05) is 0 Å². The summed E-state index contributed by atoms with van der Waals surface area (Å²) in [6, 6.07) is 0. The predicted molar refractivity (Wildman–Crippen MR) is 32.2 cm³/mol. The molecule has 1 rings (SSSR count). The van der Waals surface area contributed by atoms with Crippen molar-refractivity contribution in [2.75, 3.05) is 0 Å². The molecule has 0 fully saturated rings. The van der Waals surface area contributed by atoms with Crippen molar-refractivity contribution in [1.82, 2.24) is 10.2 Å². The molecular weight excluding hydrogens is 116 g/mol. The molecule has 46 valence electrons. The summed E-state index contributed by atoms with van der Waals surface area (Å²) in [5.74, 6) is 0. The van der Waals surface area contributed by atoms with Crippen LogP contribution >= 0.6 is 0 Å². The smallest absolute Gasteiger partial charge is 0.151 e. The second-order valence-corrected chi connectivity index (χ2v) is 1.75. The maximum Gasteiger partial charge on any atom is 0.151 e. The lowest BCUT2D eigenvalue weighted by Crippen LogP contribution is -1.89. The maximum atomic E-state index is 10.2. The first kappa shape index (κ1) is 5.88. The molecule has 1 heterocycles. The van der Waals surface area contributed by atoms with Crippen molar-refractivity contribution in [3.05, 3.63) is 23.5 Å². The third-order valence-corrected chi connectivity index (χ3v) is 1.10. The van der Waals surface area contributed by atoms with Gasteiger partial charge in [-0.3, -0.25) is 4.79 Å². The van der Waals surface area contributed by atoms with Crippen LogP contribution in [0.2, 0.25) is 0 Å². The zero-order chi connectivity index (χ0) is 6.69. The summed E-state index contributed by atoms with van der Waals surface area (Å²) in [6.45, 7) is 1.82. The lowest BCUT2D eigenvalue weighted by molar-refractivity contribution is 0.112. The van der Waals surface area contributed by atoms with Crippen molar-refractivity contribution in [3.63, 3.8) is 0 Å². The van der Waals surface area contributed by atoms with Crippen LogP contribution in [0.1, 0.15) is 15.9 Å². The molecular formula is C6H6N2O. The van der Waals surface area contributed by atoms with Gasteiger partial charge in [-0.2, -0.15) is 10.2 Å². The first-order chi connectivity index (χ1) is 4.34. The quantitative estimate of drug-likeness (QED) is 0.512. The molecule has 0 atom stereocenters. The fourth-order valence-corrected chi connectivity index (χ4v) is 0.515. The minimum atomic E-state index is 0.602. The number of aldehydes is 1. The van der Waals surface area contributed by atoms with Crippen LogP contribution in [0, 0.1) is 6.92 Å². The molecule has 0 unspecified atom stereocenters. The van der Waals surface area contributed by atoms with Gasteiger partial charge in [-0.05, 0) is 12.5 Å². The summed E-state index contributed by atoms with van der Waals surface area (Å²) in [4.78, 5) is 10.2. The molecule has 0 radical (unpaired) electrons. The molecule has 0 aliphatic rings. The molecule has 0 saturated heterocycles. The van der Waals surface area contributed by atoms with Crippen LogP contribution in [0.15, 0.2) is 12.4 Å². The average molecular weight is 122 g/mol. The van der Waals surface area contributed by atoms with E-state index in [1.54, 1.807) is 6.20 Å². The molecule has 3 nitrogen and oxygen atoms in total. The summed E-state index contributed by atoms with van der Waals surface area (Å²) in [6.07, 6.45) is 3.77. The van der Waals surface area contributed by atoms with Crippen LogP contribution in [-0.2, 0) is 0 Å². The Hall–Kier alpha value is -1.25. The van der Waals surface area contributed by atoms with Gasteiger partial charge in [0, 0.05) is 5.56 Å². The second-order valence-electron chi connectivity index (χ2n) is 1.75. The number of carbonyl (C=O) groups excluding carboxylic acids is 1. The summed E-state index contributed by atoms with van der Waals surface area (Å²) < 4.78 is 0. The predicted octanol–water partition coefficient (Wildman–Crippen LogP) is 0.598. The van der Waals surface area contributed by atoms with Crippen LogP contribution in [0.5, 0.6) is 0 Å². The molecule has 9 heavy (non-hydrogen) atoms. The number of aromatic nitrogens is 2. The lowest BCUT2D eigenvalue weighted by Gasteiger charge is -1.90. The van der Waals surface area contributed by atoms with Gasteiger partial charge in [0.05, 0.1) is 12.4 Å². The summed E-state index contributed by atoms with van der Waals surface area (Å²) in [7, 11) is 0. The molecule has 1 aromatic heterocycles. The van der Waals surface area contributed by atoms with Crippen molar-refractivity contribution in [1.29, 1.82) is 0 Å². The Morgan fingerprint density at radius 3 is 2.56 bits per heavy atom. The molecule has 0 aliphatic heterocycles. The fraction of sp³-hybridized carbons (Fsp3) is 0.167. The lowest BCUT2D eigenvalue weighted by atomic mass is 10.2. The fourth-order valence-electron chi connectivity index (χ4n) is 0.515. The molecule has 0 N–H and O–H groups in total. The van der Waals surface area contributed by atoms with Crippen LogP contribution in [0.25, 0.3) is 0 Å². The molecule has 0 amide bonds.